The topological polar surface area (TPSA) is 103 Å². The van der Waals surface area contributed by atoms with Crippen LogP contribution in [0.5, 0.6) is 5.75 Å². The van der Waals surface area contributed by atoms with Crippen molar-refractivity contribution in [3.8, 4) is 5.75 Å². The minimum absolute atomic E-state index is 0.280. The Balaban J connectivity index is 0.000000611. The van der Waals surface area contributed by atoms with Crippen LogP contribution in [0.25, 0.3) is 0 Å². The lowest BCUT2D eigenvalue weighted by molar-refractivity contribution is -0.134. The number of thioether (sulfide) groups is 1. The number of nitrogens with zero attached hydrogens (tertiary/aromatic N) is 3. The third-order valence-electron chi connectivity index (χ3n) is 6.02. The van der Waals surface area contributed by atoms with Gasteiger partial charge in [0.25, 0.3) is 0 Å². The van der Waals surface area contributed by atoms with Crippen LogP contribution in [0.3, 0.4) is 0 Å². The highest BCUT2D eigenvalue weighted by Gasteiger charge is 2.24. The van der Waals surface area contributed by atoms with Gasteiger partial charge >= 0.3 is 11.9 Å². The number of aliphatic imine (C=N–C) groups is 1. The second kappa shape index (κ2) is 17.2. The molecule has 0 bridgehead atoms. The Morgan fingerprint density at radius 3 is 2.30 bits per heavy atom. The molecule has 1 aliphatic rings. The Kier molecular flexibility index (Phi) is 14.1. The third kappa shape index (κ3) is 12.1. The monoisotopic (exact) mass is 581 g/mol. The second-order valence-electron chi connectivity index (χ2n) is 8.90. The summed E-state index contributed by atoms with van der Waals surface area (Å²) in [6.07, 6.45) is 7.04. The first kappa shape index (κ1) is 32.7. The molecule has 1 saturated heterocycles. The SMILES string of the molecule is CS/C(=N\c1cccc(F)c1)N(C)C1CCN(CCCCOc2ccc(F)c(F)c2)CC1.O=C(O)/C=C/C(=O)O. The molecule has 1 heterocycles. The average Bonchev–Trinajstić information content (AvgIpc) is 2.92. The summed E-state index contributed by atoms with van der Waals surface area (Å²) in [7, 11) is 2.06. The number of carboxylic acid groups (broad SMARTS) is 2. The van der Waals surface area contributed by atoms with Crippen molar-refractivity contribution in [1.82, 2.24) is 9.80 Å². The molecule has 1 fully saturated rings. The molecule has 2 aromatic rings. The smallest absolute Gasteiger partial charge is 0.328 e. The molecular formula is C28H34F3N3O5S. The van der Waals surface area contributed by atoms with Crippen molar-refractivity contribution in [2.24, 2.45) is 4.99 Å². The maximum Gasteiger partial charge on any atom is 0.328 e. The fourth-order valence-electron chi connectivity index (χ4n) is 3.95. The molecule has 0 aromatic heterocycles. The number of carboxylic acids is 2. The van der Waals surface area contributed by atoms with Gasteiger partial charge in [0.15, 0.2) is 16.8 Å². The van der Waals surface area contributed by atoms with Gasteiger partial charge < -0.3 is 24.7 Å². The summed E-state index contributed by atoms with van der Waals surface area (Å²) < 4.78 is 45.1. The largest absolute Gasteiger partial charge is 0.493 e. The zero-order valence-electron chi connectivity index (χ0n) is 22.4. The number of aliphatic carboxylic acids is 2. The van der Waals surface area contributed by atoms with E-state index in [-0.39, 0.29) is 5.82 Å². The Hall–Kier alpha value is -3.51. The van der Waals surface area contributed by atoms with Gasteiger partial charge in [0.05, 0.1) is 12.3 Å². The molecule has 0 spiro atoms. The van der Waals surface area contributed by atoms with E-state index in [1.54, 1.807) is 17.8 Å². The van der Waals surface area contributed by atoms with Gasteiger partial charge in [-0.25, -0.2) is 27.8 Å². The van der Waals surface area contributed by atoms with Crippen molar-refractivity contribution in [3.63, 3.8) is 0 Å². The van der Waals surface area contributed by atoms with Crippen LogP contribution in [-0.2, 0) is 9.59 Å². The molecule has 40 heavy (non-hydrogen) atoms. The van der Waals surface area contributed by atoms with E-state index < -0.39 is 23.6 Å². The van der Waals surface area contributed by atoms with E-state index in [1.807, 2.05) is 12.3 Å². The third-order valence-corrected chi connectivity index (χ3v) is 6.76. The number of piperidine rings is 1. The lowest BCUT2D eigenvalue weighted by atomic mass is 10.0. The number of ether oxygens (including phenoxy) is 1. The summed E-state index contributed by atoms with van der Waals surface area (Å²) in [5, 5.41) is 16.5. The van der Waals surface area contributed by atoms with Gasteiger partial charge in [0.2, 0.25) is 0 Å². The molecule has 0 aliphatic carbocycles. The van der Waals surface area contributed by atoms with Crippen molar-refractivity contribution in [3.05, 3.63) is 72.1 Å². The van der Waals surface area contributed by atoms with Crippen LogP contribution in [-0.4, -0.2) is 82.7 Å². The van der Waals surface area contributed by atoms with Gasteiger partial charge in [-0.3, -0.25) is 0 Å². The van der Waals surface area contributed by atoms with Crippen molar-refractivity contribution in [1.29, 1.82) is 0 Å². The standard InChI is InChI=1S/C24H30F3N3OS.C4H4O4/c1-29(24(32-2)28-19-7-5-6-18(25)16-19)20-10-13-30(14-11-20)12-3-4-15-31-21-8-9-22(26)23(27)17-21;5-3(6)1-2-4(7)8/h5-9,16-17,20H,3-4,10-15H2,1-2H3;1-2H,(H,5,6)(H,7,8)/b28-24-;2-1+. The first-order chi connectivity index (χ1) is 19.1. The van der Waals surface area contributed by atoms with Crippen LogP contribution < -0.4 is 4.74 Å². The summed E-state index contributed by atoms with van der Waals surface area (Å²) in [5.41, 5.74) is 0.629. The number of carbonyl (C=O) groups is 2. The summed E-state index contributed by atoms with van der Waals surface area (Å²) in [5.74, 6) is -4.19. The van der Waals surface area contributed by atoms with Crippen LogP contribution in [0.15, 0.2) is 59.6 Å². The number of unbranched alkanes of at least 4 members (excludes halogenated alkanes) is 1. The Bertz CT molecular complexity index is 1160. The van der Waals surface area contributed by atoms with E-state index in [9.17, 15) is 22.8 Å². The minimum Gasteiger partial charge on any atom is -0.493 e. The van der Waals surface area contributed by atoms with Crippen molar-refractivity contribution < 1.29 is 37.7 Å². The van der Waals surface area contributed by atoms with Gasteiger partial charge in [-0.15, -0.1) is 0 Å². The molecule has 0 amide bonds. The lowest BCUT2D eigenvalue weighted by Crippen LogP contribution is -2.45. The zero-order valence-corrected chi connectivity index (χ0v) is 23.2. The summed E-state index contributed by atoms with van der Waals surface area (Å²) in [6, 6.07) is 10.4. The van der Waals surface area contributed by atoms with Crippen molar-refractivity contribution >= 4 is 34.6 Å². The van der Waals surface area contributed by atoms with E-state index in [2.05, 4.69) is 21.8 Å². The zero-order chi connectivity index (χ0) is 29.5. The fourth-order valence-corrected chi connectivity index (χ4v) is 4.58. The molecule has 0 radical (unpaired) electrons. The second-order valence-corrected chi connectivity index (χ2v) is 9.68. The molecule has 0 saturated carbocycles. The van der Waals surface area contributed by atoms with E-state index >= 15 is 0 Å². The summed E-state index contributed by atoms with van der Waals surface area (Å²) in [6.45, 7) is 3.50. The Morgan fingerprint density at radius 1 is 1.05 bits per heavy atom. The number of hydrogen-bond donors (Lipinski definition) is 2. The molecule has 12 heteroatoms. The average molecular weight is 582 g/mol. The van der Waals surface area contributed by atoms with Gasteiger partial charge in [-0.1, -0.05) is 17.8 Å². The highest BCUT2D eigenvalue weighted by atomic mass is 32.2. The maximum atomic E-state index is 13.5. The fraction of sp³-hybridized carbons (Fsp3) is 0.393. The number of halogens is 3. The Labute approximate surface area is 236 Å². The van der Waals surface area contributed by atoms with Crippen LogP contribution in [0.4, 0.5) is 18.9 Å². The maximum absolute atomic E-state index is 13.5. The van der Waals surface area contributed by atoms with Gasteiger partial charge in [-0.05, 0) is 68.8 Å². The van der Waals surface area contributed by atoms with E-state index in [0.717, 1.165) is 62.6 Å². The Morgan fingerprint density at radius 2 is 1.73 bits per heavy atom. The van der Waals surface area contributed by atoms with Crippen molar-refractivity contribution in [2.75, 3.05) is 39.5 Å². The summed E-state index contributed by atoms with van der Waals surface area (Å²) >= 11 is 1.57. The first-order valence-electron chi connectivity index (χ1n) is 12.6. The van der Waals surface area contributed by atoms with E-state index in [0.29, 0.717) is 36.2 Å². The van der Waals surface area contributed by atoms with E-state index in [1.165, 1.54) is 18.2 Å². The molecule has 0 unspecified atom stereocenters. The predicted octanol–water partition coefficient (Wildman–Crippen LogP) is 5.42. The van der Waals surface area contributed by atoms with E-state index in [4.69, 9.17) is 14.9 Å². The van der Waals surface area contributed by atoms with Crippen molar-refractivity contribution in [2.45, 2.75) is 31.7 Å². The highest BCUT2D eigenvalue weighted by molar-refractivity contribution is 8.13. The van der Waals surface area contributed by atoms with Gasteiger partial charge in [0, 0.05) is 44.4 Å². The first-order valence-corrected chi connectivity index (χ1v) is 13.9. The molecule has 3 rings (SSSR count). The lowest BCUT2D eigenvalue weighted by Gasteiger charge is -2.37. The number of hydrogen-bond acceptors (Lipinski definition) is 6. The molecule has 1 aliphatic heterocycles. The van der Waals surface area contributed by atoms with Gasteiger partial charge in [0.1, 0.15) is 11.6 Å². The number of rotatable bonds is 10. The van der Waals surface area contributed by atoms with Crippen LogP contribution in [0, 0.1) is 17.5 Å². The minimum atomic E-state index is -1.26. The number of likely N-dealkylation sites (tertiary alicyclic amines) is 1. The van der Waals surface area contributed by atoms with Gasteiger partial charge in [-0.2, -0.15) is 0 Å². The molecular weight excluding hydrogens is 547 g/mol. The summed E-state index contributed by atoms with van der Waals surface area (Å²) in [4.78, 5) is 28.4. The van der Waals surface area contributed by atoms with Crippen LogP contribution in [0.1, 0.15) is 25.7 Å². The number of benzene rings is 2. The molecule has 8 nitrogen and oxygen atoms in total. The molecule has 0 atom stereocenters. The predicted molar refractivity (Wildman–Crippen MR) is 150 cm³/mol. The molecule has 218 valence electrons. The highest BCUT2D eigenvalue weighted by Crippen LogP contribution is 2.22. The normalized spacial score (nSPS) is 14.5. The van der Waals surface area contributed by atoms with Crippen LogP contribution >= 0.6 is 11.8 Å². The quantitative estimate of drug-likeness (QED) is 0.166. The molecule has 2 N–H and O–H groups in total. The molecule has 2 aromatic carbocycles. The van der Waals surface area contributed by atoms with Crippen LogP contribution in [0.2, 0.25) is 0 Å². The number of amidine groups is 1.